The van der Waals surface area contributed by atoms with Crippen LogP contribution in [0.15, 0.2) is 18.2 Å². The second-order valence-electron chi connectivity index (χ2n) is 8.01. The van der Waals surface area contributed by atoms with Gasteiger partial charge in [-0.25, -0.2) is 4.68 Å². The molecule has 1 aromatic carbocycles. The maximum atomic E-state index is 5.19. The Morgan fingerprint density at radius 3 is 2.85 bits per heavy atom. The summed E-state index contributed by atoms with van der Waals surface area (Å²) in [6.07, 6.45) is 6.22. The topological polar surface area (TPSA) is 33.1 Å². The van der Waals surface area contributed by atoms with Crippen molar-refractivity contribution >= 4 is 5.82 Å². The molecule has 0 bridgehead atoms. The lowest BCUT2D eigenvalue weighted by atomic mass is 9.91. The van der Waals surface area contributed by atoms with Crippen molar-refractivity contribution in [2.75, 3.05) is 31.5 Å². The Morgan fingerprint density at radius 2 is 2.04 bits per heavy atom. The van der Waals surface area contributed by atoms with Crippen molar-refractivity contribution < 1.29 is 0 Å². The molecule has 4 heteroatoms. The number of rotatable bonds is 3. The van der Waals surface area contributed by atoms with Crippen LogP contribution in [0.2, 0.25) is 0 Å². The number of nitrogens with one attached hydrogen (secondary N) is 1. The van der Waals surface area contributed by atoms with Gasteiger partial charge in [0.25, 0.3) is 0 Å². The van der Waals surface area contributed by atoms with Gasteiger partial charge in [0.1, 0.15) is 5.82 Å². The molecule has 1 unspecified atom stereocenters. The molecule has 4 nitrogen and oxygen atoms in total. The Bertz CT molecular complexity index is 777. The number of nitrogens with zero attached hydrogens (tertiary/aromatic N) is 3. The van der Waals surface area contributed by atoms with Crippen LogP contribution >= 0.6 is 0 Å². The van der Waals surface area contributed by atoms with Crippen LogP contribution in [0.3, 0.4) is 0 Å². The van der Waals surface area contributed by atoms with E-state index in [1.54, 1.807) is 0 Å². The first kappa shape index (κ1) is 17.6. The fraction of sp³-hybridized carbons (Fsp3) is 0.591. The summed E-state index contributed by atoms with van der Waals surface area (Å²) in [5, 5.41) is 8.89. The zero-order valence-electron chi connectivity index (χ0n) is 16.5. The lowest BCUT2D eigenvalue weighted by Gasteiger charge is -2.31. The third kappa shape index (κ3) is 3.27. The molecule has 4 rings (SSSR count). The van der Waals surface area contributed by atoms with Crippen molar-refractivity contribution in [3.8, 4) is 5.69 Å². The quantitative estimate of drug-likeness (QED) is 0.887. The maximum absolute atomic E-state index is 5.19. The van der Waals surface area contributed by atoms with Gasteiger partial charge in [0, 0.05) is 24.6 Å². The predicted molar refractivity (Wildman–Crippen MR) is 109 cm³/mol. The molecule has 2 aromatic rings. The Morgan fingerprint density at radius 1 is 1.15 bits per heavy atom. The number of fused-ring (bicyclic) bond motifs is 1. The molecule has 0 aliphatic carbocycles. The van der Waals surface area contributed by atoms with Gasteiger partial charge >= 0.3 is 0 Å². The van der Waals surface area contributed by atoms with Gasteiger partial charge in [-0.15, -0.1) is 0 Å². The molecule has 2 aliphatic heterocycles. The molecule has 140 valence electrons. The van der Waals surface area contributed by atoms with Gasteiger partial charge in [-0.2, -0.15) is 5.10 Å². The van der Waals surface area contributed by atoms with Crippen LogP contribution in [0, 0.1) is 13.8 Å². The molecule has 0 radical (unpaired) electrons. The lowest BCUT2D eigenvalue weighted by molar-refractivity contribution is 0.215. The van der Waals surface area contributed by atoms with E-state index in [0.29, 0.717) is 5.92 Å². The van der Waals surface area contributed by atoms with Crippen molar-refractivity contribution in [1.82, 2.24) is 14.7 Å². The van der Waals surface area contributed by atoms with Crippen LogP contribution in [0.4, 0.5) is 5.82 Å². The number of hydrogen-bond acceptors (Lipinski definition) is 3. The van der Waals surface area contributed by atoms with E-state index in [4.69, 9.17) is 5.10 Å². The minimum absolute atomic E-state index is 0.574. The van der Waals surface area contributed by atoms with E-state index in [0.717, 1.165) is 26.1 Å². The Kier molecular flexibility index (Phi) is 5.03. The largest absolute Gasteiger partial charge is 0.370 e. The zero-order chi connectivity index (χ0) is 18.1. The van der Waals surface area contributed by atoms with E-state index in [1.165, 1.54) is 66.1 Å². The van der Waals surface area contributed by atoms with Crippen LogP contribution in [0.5, 0.6) is 0 Å². The minimum atomic E-state index is 0.574. The van der Waals surface area contributed by atoms with E-state index in [9.17, 15) is 0 Å². The third-order valence-electron chi connectivity index (χ3n) is 6.24. The lowest BCUT2D eigenvalue weighted by Crippen LogP contribution is -2.34. The predicted octanol–water partition coefficient (Wildman–Crippen LogP) is 4.44. The van der Waals surface area contributed by atoms with Crippen LogP contribution < -0.4 is 5.32 Å². The first-order valence-electron chi connectivity index (χ1n) is 10.3. The number of hydrogen-bond donors (Lipinski definition) is 1. The monoisotopic (exact) mass is 352 g/mol. The highest BCUT2D eigenvalue weighted by Crippen LogP contribution is 2.35. The zero-order valence-corrected chi connectivity index (χ0v) is 16.5. The second-order valence-corrected chi connectivity index (χ2v) is 8.01. The molecule has 1 N–H and O–H groups in total. The summed E-state index contributed by atoms with van der Waals surface area (Å²) in [5.74, 6) is 1.82. The van der Waals surface area contributed by atoms with Crippen molar-refractivity contribution in [3.05, 3.63) is 40.6 Å². The van der Waals surface area contributed by atoms with E-state index in [2.05, 4.69) is 53.9 Å². The number of aryl methyl sites for hydroxylation is 2. The van der Waals surface area contributed by atoms with Crippen LogP contribution in [-0.2, 0) is 6.42 Å². The van der Waals surface area contributed by atoms with Crippen molar-refractivity contribution in [2.24, 2.45) is 0 Å². The first-order chi connectivity index (χ1) is 12.7. The fourth-order valence-corrected chi connectivity index (χ4v) is 4.47. The number of anilines is 1. The van der Waals surface area contributed by atoms with Crippen molar-refractivity contribution in [2.45, 2.75) is 58.8 Å². The third-order valence-corrected chi connectivity index (χ3v) is 6.24. The average molecular weight is 353 g/mol. The molecule has 2 aliphatic rings. The van der Waals surface area contributed by atoms with Gasteiger partial charge in [0.05, 0.1) is 11.4 Å². The summed E-state index contributed by atoms with van der Waals surface area (Å²) in [4.78, 5) is 2.58. The molecule has 0 spiro atoms. The number of likely N-dealkylation sites (tertiary alicyclic amines) is 1. The fourth-order valence-electron chi connectivity index (χ4n) is 4.47. The molecule has 1 saturated heterocycles. The average Bonchev–Trinajstić information content (AvgIpc) is 2.85. The summed E-state index contributed by atoms with van der Waals surface area (Å²) < 4.78 is 2.19. The normalized spacial score (nSPS) is 21.1. The molecule has 0 saturated carbocycles. The van der Waals surface area contributed by atoms with Gasteiger partial charge in [-0.3, -0.25) is 0 Å². The molecule has 26 heavy (non-hydrogen) atoms. The number of likely N-dealkylation sites (N-methyl/N-ethyl adjacent to an activating group) is 1. The summed E-state index contributed by atoms with van der Waals surface area (Å²) in [5.41, 5.74) is 6.69. The summed E-state index contributed by atoms with van der Waals surface area (Å²) in [7, 11) is 0. The van der Waals surface area contributed by atoms with Crippen molar-refractivity contribution in [1.29, 1.82) is 0 Å². The highest BCUT2D eigenvalue weighted by Gasteiger charge is 2.29. The second kappa shape index (κ2) is 7.43. The van der Waals surface area contributed by atoms with E-state index >= 15 is 0 Å². The highest BCUT2D eigenvalue weighted by atomic mass is 15.3. The summed E-state index contributed by atoms with van der Waals surface area (Å²) in [6.45, 7) is 11.2. The number of benzene rings is 1. The smallest absolute Gasteiger partial charge is 0.133 e. The Hall–Kier alpha value is -1.81. The van der Waals surface area contributed by atoms with Gasteiger partial charge in [0.15, 0.2) is 0 Å². The molecule has 1 fully saturated rings. The number of aromatic nitrogens is 2. The van der Waals surface area contributed by atoms with E-state index < -0.39 is 0 Å². The van der Waals surface area contributed by atoms with Gasteiger partial charge in [-0.05, 0) is 82.3 Å². The molecule has 3 heterocycles. The summed E-state index contributed by atoms with van der Waals surface area (Å²) >= 11 is 0. The van der Waals surface area contributed by atoms with Crippen LogP contribution in [0.1, 0.15) is 60.9 Å². The van der Waals surface area contributed by atoms with E-state index in [-0.39, 0.29) is 0 Å². The Balaban J connectivity index is 1.77. The van der Waals surface area contributed by atoms with Crippen molar-refractivity contribution in [3.63, 3.8) is 0 Å². The molecular weight excluding hydrogens is 320 g/mol. The molecule has 0 amide bonds. The maximum Gasteiger partial charge on any atom is 0.133 e. The summed E-state index contributed by atoms with van der Waals surface area (Å²) in [6, 6.07) is 6.71. The van der Waals surface area contributed by atoms with Gasteiger partial charge < -0.3 is 10.2 Å². The van der Waals surface area contributed by atoms with E-state index in [1.807, 2.05) is 0 Å². The minimum Gasteiger partial charge on any atom is -0.370 e. The molecule has 1 atom stereocenters. The first-order valence-corrected chi connectivity index (χ1v) is 10.3. The number of piperidine rings is 1. The standard InChI is InChI=1S/C22H32N4/c1-4-25-13-7-8-18(15-25)21-20-9-5-6-12-23-22(20)26(24-21)19-11-10-16(2)17(3)14-19/h10-11,14,18,23H,4-9,12-13,15H2,1-3H3. The van der Waals surface area contributed by atoms with Gasteiger partial charge in [-0.1, -0.05) is 13.0 Å². The SMILES string of the molecule is CCN1CCCC(c2nn(-c3ccc(C)c(C)c3)c3c2CCCCN3)C1. The van der Waals surface area contributed by atoms with Crippen LogP contribution in [0.25, 0.3) is 5.69 Å². The van der Waals surface area contributed by atoms with Gasteiger partial charge in [0.2, 0.25) is 0 Å². The highest BCUT2D eigenvalue weighted by molar-refractivity contribution is 5.56. The Labute approximate surface area is 157 Å². The molecular formula is C22H32N4. The molecule has 1 aromatic heterocycles. The van der Waals surface area contributed by atoms with Crippen LogP contribution in [-0.4, -0.2) is 40.9 Å².